The molecular weight excluding hydrogens is 335 g/mol. The van der Waals surface area contributed by atoms with Gasteiger partial charge in [0.05, 0.1) is 11.4 Å². The maximum Gasteiger partial charge on any atom is 0.232 e. The van der Waals surface area contributed by atoms with Gasteiger partial charge in [-0.05, 0) is 60.1 Å². The molecule has 1 rings (SSSR count). The Morgan fingerprint density at radius 2 is 2.05 bits per heavy atom. The van der Waals surface area contributed by atoms with Crippen LogP contribution in [-0.2, 0) is 10.0 Å². The third-order valence-electron chi connectivity index (χ3n) is 2.39. The lowest BCUT2D eigenvalue weighted by atomic mass is 10.3. The summed E-state index contributed by atoms with van der Waals surface area (Å²) in [6.45, 7) is 3.58. The van der Waals surface area contributed by atoms with E-state index in [2.05, 4.69) is 26.0 Å². The van der Waals surface area contributed by atoms with Gasteiger partial charge in [0.2, 0.25) is 10.0 Å². The first-order valence-corrected chi connectivity index (χ1v) is 8.55. The second-order valence-electron chi connectivity index (χ2n) is 4.15. The topological polar surface area (TPSA) is 58.2 Å². The molecule has 0 heterocycles. The van der Waals surface area contributed by atoms with E-state index in [0.717, 1.165) is 19.0 Å². The van der Waals surface area contributed by atoms with Gasteiger partial charge in [-0.25, -0.2) is 12.8 Å². The molecule has 4 nitrogen and oxygen atoms in total. The maximum atomic E-state index is 13.0. The van der Waals surface area contributed by atoms with Crippen LogP contribution in [0.15, 0.2) is 22.7 Å². The lowest BCUT2D eigenvalue weighted by Crippen LogP contribution is -2.22. The molecule has 0 saturated carbocycles. The first kappa shape index (κ1) is 16.4. The van der Waals surface area contributed by atoms with E-state index in [1.54, 1.807) is 0 Å². The van der Waals surface area contributed by atoms with Gasteiger partial charge in [0.25, 0.3) is 0 Å². The van der Waals surface area contributed by atoms with Crippen molar-refractivity contribution in [3.05, 3.63) is 28.5 Å². The van der Waals surface area contributed by atoms with Crippen LogP contribution in [0.1, 0.15) is 19.8 Å². The summed E-state index contributed by atoms with van der Waals surface area (Å²) in [5.41, 5.74) is 0.224. The van der Waals surface area contributed by atoms with Crippen molar-refractivity contribution in [3.8, 4) is 0 Å². The summed E-state index contributed by atoms with van der Waals surface area (Å²) in [5.74, 6) is -0.474. The average Bonchev–Trinajstić information content (AvgIpc) is 2.33. The van der Waals surface area contributed by atoms with Gasteiger partial charge in [0, 0.05) is 4.47 Å². The van der Waals surface area contributed by atoms with E-state index in [0.29, 0.717) is 17.4 Å². The van der Waals surface area contributed by atoms with Gasteiger partial charge in [-0.3, -0.25) is 4.72 Å². The Labute approximate surface area is 122 Å². The number of benzene rings is 1. The molecule has 0 spiro atoms. The van der Waals surface area contributed by atoms with Crippen LogP contribution in [0.3, 0.4) is 0 Å². The number of rotatable bonds is 8. The Hall–Kier alpha value is -0.660. The fraction of sp³-hybridized carbons (Fsp3) is 0.500. The standard InChI is InChI=1S/C12H18BrFN2O2S/c1-2-6-15-7-3-8-19(17,18)16-12-9-10(14)4-5-11(12)13/h4-5,9,15-16H,2-3,6-8H2,1H3. The molecule has 19 heavy (non-hydrogen) atoms. The predicted octanol–water partition coefficient (Wildman–Crippen LogP) is 2.72. The zero-order valence-corrected chi connectivity index (χ0v) is 13.2. The zero-order valence-electron chi connectivity index (χ0n) is 10.7. The molecule has 108 valence electrons. The minimum absolute atomic E-state index is 0.00661. The predicted molar refractivity (Wildman–Crippen MR) is 79.3 cm³/mol. The number of anilines is 1. The maximum absolute atomic E-state index is 13.0. The van der Waals surface area contributed by atoms with E-state index in [1.165, 1.54) is 12.1 Å². The SMILES string of the molecule is CCCNCCCS(=O)(=O)Nc1cc(F)ccc1Br. The molecule has 0 atom stereocenters. The second kappa shape index (κ2) is 7.81. The van der Waals surface area contributed by atoms with E-state index < -0.39 is 15.8 Å². The van der Waals surface area contributed by atoms with Crippen molar-refractivity contribution in [2.45, 2.75) is 19.8 Å². The van der Waals surface area contributed by atoms with Crippen LogP contribution in [0.5, 0.6) is 0 Å². The highest BCUT2D eigenvalue weighted by atomic mass is 79.9. The van der Waals surface area contributed by atoms with E-state index in [-0.39, 0.29) is 11.4 Å². The summed E-state index contributed by atoms with van der Waals surface area (Å²) in [6.07, 6.45) is 1.53. The molecule has 0 aliphatic heterocycles. The summed E-state index contributed by atoms with van der Waals surface area (Å²) in [6, 6.07) is 3.88. The second-order valence-corrected chi connectivity index (χ2v) is 6.84. The van der Waals surface area contributed by atoms with Gasteiger partial charge in [0.15, 0.2) is 0 Å². The molecule has 2 N–H and O–H groups in total. The summed E-state index contributed by atoms with van der Waals surface area (Å²) in [7, 11) is -3.45. The summed E-state index contributed by atoms with van der Waals surface area (Å²) < 4.78 is 39.6. The molecule has 0 aliphatic rings. The molecule has 0 bridgehead atoms. The van der Waals surface area contributed by atoms with Gasteiger partial charge in [-0.15, -0.1) is 0 Å². The monoisotopic (exact) mass is 352 g/mol. The van der Waals surface area contributed by atoms with Crippen LogP contribution in [0.4, 0.5) is 10.1 Å². The summed E-state index contributed by atoms with van der Waals surface area (Å²) >= 11 is 3.18. The van der Waals surface area contributed by atoms with Crippen LogP contribution in [0.25, 0.3) is 0 Å². The highest BCUT2D eigenvalue weighted by molar-refractivity contribution is 9.10. The quantitative estimate of drug-likeness (QED) is 0.707. The normalized spacial score (nSPS) is 11.5. The van der Waals surface area contributed by atoms with Crippen LogP contribution in [-0.4, -0.2) is 27.3 Å². The molecule has 0 unspecified atom stereocenters. The smallest absolute Gasteiger partial charge is 0.232 e. The Morgan fingerprint density at radius 1 is 1.32 bits per heavy atom. The highest BCUT2D eigenvalue weighted by Crippen LogP contribution is 2.24. The van der Waals surface area contributed by atoms with Crippen LogP contribution in [0, 0.1) is 5.82 Å². The minimum atomic E-state index is -3.45. The van der Waals surface area contributed by atoms with Crippen molar-refractivity contribution < 1.29 is 12.8 Å². The molecule has 0 saturated heterocycles. The largest absolute Gasteiger partial charge is 0.317 e. The lowest BCUT2D eigenvalue weighted by Gasteiger charge is -2.10. The van der Waals surface area contributed by atoms with E-state index in [1.807, 2.05) is 6.92 Å². The number of hydrogen-bond donors (Lipinski definition) is 2. The van der Waals surface area contributed by atoms with Crippen molar-refractivity contribution >= 4 is 31.6 Å². The molecule has 0 amide bonds. The molecule has 1 aromatic rings. The number of halogens is 2. The number of sulfonamides is 1. The van der Waals surface area contributed by atoms with Gasteiger partial charge < -0.3 is 5.32 Å². The van der Waals surface area contributed by atoms with Crippen molar-refractivity contribution in [2.75, 3.05) is 23.6 Å². The third kappa shape index (κ3) is 6.35. The number of hydrogen-bond acceptors (Lipinski definition) is 3. The van der Waals surface area contributed by atoms with E-state index >= 15 is 0 Å². The first-order valence-electron chi connectivity index (χ1n) is 6.11. The molecule has 1 aromatic carbocycles. The molecule has 7 heteroatoms. The van der Waals surface area contributed by atoms with Crippen molar-refractivity contribution in [2.24, 2.45) is 0 Å². The Morgan fingerprint density at radius 3 is 2.74 bits per heavy atom. The Bertz CT molecular complexity index is 508. The lowest BCUT2D eigenvalue weighted by molar-refractivity contribution is 0.593. The van der Waals surface area contributed by atoms with Gasteiger partial charge in [-0.1, -0.05) is 6.92 Å². The first-order chi connectivity index (χ1) is 8.94. The number of nitrogens with one attached hydrogen (secondary N) is 2. The molecular formula is C12H18BrFN2O2S. The van der Waals surface area contributed by atoms with Crippen LogP contribution in [0.2, 0.25) is 0 Å². The average molecular weight is 353 g/mol. The summed E-state index contributed by atoms with van der Waals surface area (Å²) in [4.78, 5) is 0. The fourth-order valence-corrected chi connectivity index (χ4v) is 3.09. The molecule has 0 fully saturated rings. The van der Waals surface area contributed by atoms with Crippen molar-refractivity contribution in [3.63, 3.8) is 0 Å². The molecule has 0 radical (unpaired) electrons. The minimum Gasteiger partial charge on any atom is -0.317 e. The van der Waals surface area contributed by atoms with Crippen molar-refractivity contribution in [1.82, 2.24) is 5.32 Å². The van der Waals surface area contributed by atoms with Gasteiger partial charge in [-0.2, -0.15) is 0 Å². The molecule has 0 aliphatic carbocycles. The fourth-order valence-electron chi connectivity index (χ4n) is 1.48. The van der Waals surface area contributed by atoms with Gasteiger partial charge >= 0.3 is 0 Å². The third-order valence-corrected chi connectivity index (χ3v) is 4.44. The zero-order chi connectivity index (χ0) is 14.3. The van der Waals surface area contributed by atoms with Crippen molar-refractivity contribution in [1.29, 1.82) is 0 Å². The summed E-state index contributed by atoms with van der Waals surface area (Å²) in [5, 5.41) is 3.13. The van der Waals surface area contributed by atoms with E-state index in [9.17, 15) is 12.8 Å². The van der Waals surface area contributed by atoms with E-state index in [4.69, 9.17) is 0 Å². The van der Waals surface area contributed by atoms with Crippen LogP contribution >= 0.6 is 15.9 Å². The van der Waals surface area contributed by atoms with Gasteiger partial charge in [0.1, 0.15) is 5.82 Å². The Balaban J connectivity index is 2.52. The Kier molecular flexibility index (Phi) is 6.74. The molecule has 0 aromatic heterocycles. The highest BCUT2D eigenvalue weighted by Gasteiger charge is 2.12. The van der Waals surface area contributed by atoms with Crippen LogP contribution < -0.4 is 10.0 Å².